The zero-order chi connectivity index (χ0) is 17.8. The molecule has 0 aliphatic carbocycles. The average Bonchev–Trinajstić information content (AvgIpc) is 3.22. The van der Waals surface area contributed by atoms with Crippen LogP contribution in [-0.4, -0.2) is 43.4 Å². The molecular weight excluding hydrogens is 324 g/mol. The number of aromatic nitrogens is 5. The largest absolute Gasteiger partial charge is 0.460 e. The number of amides is 1. The highest BCUT2D eigenvalue weighted by atomic mass is 16.5. The molecule has 1 amide bonds. The predicted octanol–water partition coefficient (Wildman–Crippen LogP) is 1.79. The Labute approximate surface area is 143 Å². The van der Waals surface area contributed by atoms with Gasteiger partial charge in [-0.2, -0.15) is 14.8 Å². The predicted molar refractivity (Wildman–Crippen MR) is 89.2 cm³/mol. The second kappa shape index (κ2) is 6.95. The van der Waals surface area contributed by atoms with E-state index in [-0.39, 0.29) is 24.3 Å². The number of carbonyl (C=O) groups is 2. The van der Waals surface area contributed by atoms with Gasteiger partial charge in [0.1, 0.15) is 0 Å². The van der Waals surface area contributed by atoms with E-state index < -0.39 is 5.97 Å². The van der Waals surface area contributed by atoms with Crippen LogP contribution in [0, 0.1) is 0 Å². The molecule has 3 aromatic rings. The molecule has 25 heavy (non-hydrogen) atoms. The molecular formula is C16H16N6O3. The summed E-state index contributed by atoms with van der Waals surface area (Å²) in [5.41, 5.74) is 1.70. The number of hydrogen-bond acceptors (Lipinski definition) is 6. The van der Waals surface area contributed by atoms with Crippen molar-refractivity contribution >= 4 is 17.8 Å². The summed E-state index contributed by atoms with van der Waals surface area (Å²) in [7, 11) is 0. The lowest BCUT2D eigenvalue weighted by atomic mass is 10.2. The van der Waals surface area contributed by atoms with Gasteiger partial charge in [-0.05, 0) is 12.5 Å². The van der Waals surface area contributed by atoms with Gasteiger partial charge in [-0.1, -0.05) is 30.3 Å². The molecule has 0 unspecified atom stereocenters. The number of nitrogens with one attached hydrogen (secondary N) is 2. The van der Waals surface area contributed by atoms with Gasteiger partial charge >= 0.3 is 5.97 Å². The van der Waals surface area contributed by atoms with Crippen molar-refractivity contribution in [1.82, 2.24) is 25.0 Å². The summed E-state index contributed by atoms with van der Waals surface area (Å²) in [6.07, 6.45) is 0. The first-order chi connectivity index (χ1) is 12.1. The first kappa shape index (κ1) is 16.4. The van der Waals surface area contributed by atoms with Gasteiger partial charge in [-0.25, -0.2) is 4.79 Å². The minimum Gasteiger partial charge on any atom is -0.460 e. The Kier molecular flexibility index (Phi) is 4.55. The monoisotopic (exact) mass is 340 g/mol. The van der Waals surface area contributed by atoms with Gasteiger partial charge in [0.25, 0.3) is 5.82 Å². The maximum Gasteiger partial charge on any atom is 0.378 e. The van der Waals surface area contributed by atoms with Crippen molar-refractivity contribution in [3.63, 3.8) is 0 Å². The van der Waals surface area contributed by atoms with Crippen molar-refractivity contribution in [1.29, 1.82) is 0 Å². The molecule has 0 bridgehead atoms. The van der Waals surface area contributed by atoms with Crippen LogP contribution in [0.2, 0.25) is 0 Å². The number of benzene rings is 1. The van der Waals surface area contributed by atoms with E-state index in [2.05, 4.69) is 25.6 Å². The highest BCUT2D eigenvalue weighted by molar-refractivity contribution is 5.89. The molecule has 0 radical (unpaired) electrons. The van der Waals surface area contributed by atoms with Crippen molar-refractivity contribution < 1.29 is 14.3 Å². The smallest absolute Gasteiger partial charge is 0.378 e. The summed E-state index contributed by atoms with van der Waals surface area (Å²) in [4.78, 5) is 27.3. The summed E-state index contributed by atoms with van der Waals surface area (Å²) in [5.74, 6) is -0.711. The molecule has 0 atom stereocenters. The second-order valence-corrected chi connectivity index (χ2v) is 5.08. The number of aromatic amines is 1. The number of hydrogen-bond donors (Lipinski definition) is 2. The van der Waals surface area contributed by atoms with Crippen LogP contribution in [-0.2, 0) is 9.53 Å². The van der Waals surface area contributed by atoms with E-state index in [1.165, 1.54) is 11.6 Å². The summed E-state index contributed by atoms with van der Waals surface area (Å²) in [6.45, 7) is 3.22. The van der Waals surface area contributed by atoms with Crippen molar-refractivity contribution in [3.05, 3.63) is 42.2 Å². The normalized spacial score (nSPS) is 10.5. The maximum absolute atomic E-state index is 11.9. The van der Waals surface area contributed by atoms with Crippen LogP contribution in [0.3, 0.4) is 0 Å². The second-order valence-electron chi connectivity index (χ2n) is 5.08. The van der Waals surface area contributed by atoms with Crippen molar-refractivity contribution in [2.45, 2.75) is 13.8 Å². The van der Waals surface area contributed by atoms with E-state index >= 15 is 0 Å². The number of anilines is 1. The lowest BCUT2D eigenvalue weighted by Gasteiger charge is -2.01. The van der Waals surface area contributed by atoms with Crippen molar-refractivity contribution in [3.8, 4) is 17.1 Å². The van der Waals surface area contributed by atoms with E-state index in [1.807, 2.05) is 30.3 Å². The lowest BCUT2D eigenvalue weighted by Crippen LogP contribution is -2.12. The topological polar surface area (TPSA) is 115 Å². The molecule has 9 nitrogen and oxygen atoms in total. The lowest BCUT2D eigenvalue weighted by molar-refractivity contribution is -0.114. The molecule has 2 N–H and O–H groups in total. The Bertz CT molecular complexity index is 900. The zero-order valence-electron chi connectivity index (χ0n) is 13.7. The number of esters is 1. The number of H-pyrrole nitrogens is 1. The summed E-state index contributed by atoms with van der Waals surface area (Å²) < 4.78 is 6.17. The third-order valence-corrected chi connectivity index (χ3v) is 3.22. The highest BCUT2D eigenvalue weighted by Crippen LogP contribution is 2.20. The SMILES string of the molecule is CCOC(=O)c1nc(NC(C)=O)n(-c2cc(-c3ccccc3)[nH]n2)n1. The molecule has 0 saturated heterocycles. The fourth-order valence-electron chi connectivity index (χ4n) is 2.18. The first-order valence-electron chi connectivity index (χ1n) is 7.61. The molecule has 9 heteroatoms. The van der Waals surface area contributed by atoms with Crippen molar-refractivity contribution in [2.75, 3.05) is 11.9 Å². The molecule has 0 aliphatic heterocycles. The summed E-state index contributed by atoms with van der Waals surface area (Å²) in [5, 5.41) is 13.7. The fourth-order valence-corrected chi connectivity index (χ4v) is 2.18. The molecule has 1 aromatic carbocycles. The van der Waals surface area contributed by atoms with Gasteiger partial charge in [0, 0.05) is 13.0 Å². The zero-order valence-corrected chi connectivity index (χ0v) is 13.7. The fraction of sp³-hybridized carbons (Fsp3) is 0.188. The Morgan fingerprint density at radius 1 is 1.28 bits per heavy atom. The molecule has 0 spiro atoms. The maximum atomic E-state index is 11.9. The average molecular weight is 340 g/mol. The minimum absolute atomic E-state index is 0.0849. The van der Waals surface area contributed by atoms with Crippen LogP contribution in [0.1, 0.15) is 24.5 Å². The Hall–Kier alpha value is -3.49. The summed E-state index contributed by atoms with van der Waals surface area (Å²) >= 11 is 0. The Morgan fingerprint density at radius 3 is 2.72 bits per heavy atom. The van der Waals surface area contributed by atoms with Gasteiger partial charge in [0.05, 0.1) is 12.3 Å². The van der Waals surface area contributed by atoms with E-state index in [9.17, 15) is 9.59 Å². The molecule has 3 rings (SSSR count). The standard InChI is InChI=1S/C16H16N6O3/c1-3-25-15(24)14-18-16(17-10(2)23)22(21-14)13-9-12(19-20-13)11-7-5-4-6-8-11/h4-9H,3H2,1-2H3,(H,19,20)(H,17,18,21,23). The number of rotatable bonds is 5. The van der Waals surface area contributed by atoms with Gasteiger partial charge in [-0.3, -0.25) is 15.2 Å². The van der Waals surface area contributed by atoms with Crippen LogP contribution in [0.4, 0.5) is 5.95 Å². The third kappa shape index (κ3) is 3.55. The van der Waals surface area contributed by atoms with Gasteiger partial charge in [-0.15, -0.1) is 5.10 Å². The molecule has 0 saturated carbocycles. The Balaban J connectivity index is 1.99. The van der Waals surface area contributed by atoms with E-state index in [0.29, 0.717) is 5.82 Å². The third-order valence-electron chi connectivity index (χ3n) is 3.22. The van der Waals surface area contributed by atoms with Crippen molar-refractivity contribution in [2.24, 2.45) is 0 Å². The number of carbonyl (C=O) groups excluding carboxylic acids is 2. The van der Waals surface area contributed by atoms with Crippen LogP contribution < -0.4 is 5.32 Å². The number of nitrogens with zero attached hydrogens (tertiary/aromatic N) is 4. The van der Waals surface area contributed by atoms with Crippen LogP contribution in [0.15, 0.2) is 36.4 Å². The van der Waals surface area contributed by atoms with Crippen LogP contribution in [0.5, 0.6) is 0 Å². The van der Waals surface area contributed by atoms with Crippen LogP contribution in [0.25, 0.3) is 17.1 Å². The molecule has 0 fully saturated rings. The van der Waals surface area contributed by atoms with Crippen LogP contribution >= 0.6 is 0 Å². The molecule has 2 heterocycles. The van der Waals surface area contributed by atoms with Gasteiger partial charge < -0.3 is 4.74 Å². The molecule has 128 valence electrons. The number of ether oxygens (including phenoxy) is 1. The quantitative estimate of drug-likeness (QED) is 0.684. The van der Waals surface area contributed by atoms with E-state index in [4.69, 9.17) is 4.74 Å². The summed E-state index contributed by atoms with van der Waals surface area (Å²) in [6, 6.07) is 11.3. The Morgan fingerprint density at radius 2 is 2.04 bits per heavy atom. The minimum atomic E-state index is -0.674. The van der Waals surface area contributed by atoms with Gasteiger partial charge in [0.15, 0.2) is 5.82 Å². The highest BCUT2D eigenvalue weighted by Gasteiger charge is 2.20. The van der Waals surface area contributed by atoms with E-state index in [1.54, 1.807) is 13.0 Å². The molecule has 0 aliphatic rings. The van der Waals surface area contributed by atoms with Gasteiger partial charge in [0.2, 0.25) is 11.9 Å². The van der Waals surface area contributed by atoms with E-state index in [0.717, 1.165) is 11.3 Å². The molecule has 2 aromatic heterocycles. The first-order valence-corrected chi connectivity index (χ1v) is 7.61.